The van der Waals surface area contributed by atoms with Crippen LogP contribution in [0.4, 0.5) is 0 Å². The molecule has 2 rings (SSSR count). The zero-order valence-electron chi connectivity index (χ0n) is 10.8. The number of hydrogen-bond donors (Lipinski definition) is 0. The summed E-state index contributed by atoms with van der Waals surface area (Å²) in [5, 5.41) is 0. The van der Waals surface area contributed by atoms with Gasteiger partial charge in [0.15, 0.2) is 0 Å². The molecule has 1 aromatic heterocycles. The third-order valence-corrected chi connectivity index (χ3v) is 3.81. The summed E-state index contributed by atoms with van der Waals surface area (Å²) < 4.78 is 0.769. The highest BCUT2D eigenvalue weighted by atomic mass is 79.9. The molecule has 0 spiro atoms. The van der Waals surface area contributed by atoms with Crippen LogP contribution in [0.5, 0.6) is 0 Å². The van der Waals surface area contributed by atoms with Crippen LogP contribution in [0.1, 0.15) is 23.3 Å². The second-order valence-electron chi connectivity index (χ2n) is 4.89. The van der Waals surface area contributed by atoms with Crippen LogP contribution in [0.15, 0.2) is 22.8 Å². The molecule has 1 unspecified atom stereocenters. The Morgan fingerprint density at radius 1 is 1.61 bits per heavy atom. The van der Waals surface area contributed by atoms with Gasteiger partial charge in [0, 0.05) is 29.8 Å². The molecule has 1 saturated heterocycles. The van der Waals surface area contributed by atoms with Gasteiger partial charge >= 0.3 is 0 Å². The van der Waals surface area contributed by atoms with E-state index >= 15 is 0 Å². The molecule has 1 aliphatic heterocycles. The molecular weight excluding hydrogens is 294 g/mol. The van der Waals surface area contributed by atoms with Crippen molar-refractivity contribution in [3.05, 3.63) is 28.5 Å². The number of amides is 1. The van der Waals surface area contributed by atoms with E-state index in [0.29, 0.717) is 11.7 Å². The van der Waals surface area contributed by atoms with Gasteiger partial charge in [-0.05, 0) is 55.0 Å². The molecule has 1 amide bonds. The second-order valence-corrected chi connectivity index (χ2v) is 5.75. The summed E-state index contributed by atoms with van der Waals surface area (Å²) in [6.07, 6.45) is 3.82. The maximum absolute atomic E-state index is 12.5. The van der Waals surface area contributed by atoms with E-state index in [2.05, 4.69) is 25.8 Å². The van der Waals surface area contributed by atoms with E-state index in [9.17, 15) is 4.79 Å². The third kappa shape index (κ3) is 2.90. The van der Waals surface area contributed by atoms with E-state index in [-0.39, 0.29) is 5.91 Å². The predicted molar refractivity (Wildman–Crippen MR) is 74.5 cm³/mol. The van der Waals surface area contributed by atoms with E-state index in [1.807, 2.05) is 31.1 Å². The maximum Gasteiger partial charge on any atom is 0.273 e. The summed E-state index contributed by atoms with van der Waals surface area (Å²) in [6.45, 7) is 1.75. The second kappa shape index (κ2) is 5.80. The molecule has 98 valence electrons. The van der Waals surface area contributed by atoms with Crippen molar-refractivity contribution in [2.45, 2.75) is 18.9 Å². The quantitative estimate of drug-likeness (QED) is 0.857. The first kappa shape index (κ1) is 13.5. The first-order valence-electron chi connectivity index (χ1n) is 6.16. The van der Waals surface area contributed by atoms with Gasteiger partial charge in [-0.1, -0.05) is 0 Å². The number of carbonyl (C=O) groups is 1. The van der Waals surface area contributed by atoms with Crippen molar-refractivity contribution in [3.8, 4) is 0 Å². The number of pyridine rings is 1. The zero-order valence-corrected chi connectivity index (χ0v) is 12.4. The maximum atomic E-state index is 12.5. The van der Waals surface area contributed by atoms with Crippen LogP contribution in [0.3, 0.4) is 0 Å². The van der Waals surface area contributed by atoms with Gasteiger partial charge in [-0.2, -0.15) is 0 Å². The molecule has 0 bridgehead atoms. The van der Waals surface area contributed by atoms with Gasteiger partial charge in [-0.15, -0.1) is 0 Å². The van der Waals surface area contributed by atoms with Gasteiger partial charge in [0.25, 0.3) is 5.91 Å². The van der Waals surface area contributed by atoms with Gasteiger partial charge in [-0.25, -0.2) is 4.98 Å². The molecule has 0 aromatic carbocycles. The Bertz CT molecular complexity index is 436. The van der Waals surface area contributed by atoms with E-state index < -0.39 is 0 Å². The van der Waals surface area contributed by atoms with E-state index in [1.165, 1.54) is 0 Å². The van der Waals surface area contributed by atoms with E-state index in [4.69, 9.17) is 0 Å². The van der Waals surface area contributed by atoms with Crippen molar-refractivity contribution >= 4 is 21.8 Å². The standard InChI is InChI=1S/C13H18BrN3O/c1-16(2)9-10-5-4-8-17(10)13(18)12-11(14)6-3-7-15-12/h3,6-7,10H,4-5,8-9H2,1-2H3. The topological polar surface area (TPSA) is 36.4 Å². The Balaban J connectivity index is 2.15. The largest absolute Gasteiger partial charge is 0.333 e. The summed E-state index contributed by atoms with van der Waals surface area (Å²) in [7, 11) is 4.08. The van der Waals surface area contributed by atoms with Crippen molar-refractivity contribution in [2.24, 2.45) is 0 Å². The number of halogens is 1. The molecule has 5 heteroatoms. The molecule has 0 N–H and O–H groups in total. The summed E-state index contributed by atoms with van der Waals surface area (Å²) in [4.78, 5) is 20.7. The summed E-state index contributed by atoms with van der Waals surface area (Å²) in [6, 6.07) is 3.99. The number of nitrogens with zero attached hydrogens (tertiary/aromatic N) is 3. The number of hydrogen-bond acceptors (Lipinski definition) is 3. The van der Waals surface area contributed by atoms with Crippen LogP contribution in [0.25, 0.3) is 0 Å². The summed E-state index contributed by atoms with van der Waals surface area (Å²) in [5.41, 5.74) is 0.517. The smallest absolute Gasteiger partial charge is 0.273 e. The lowest BCUT2D eigenvalue weighted by atomic mass is 10.2. The highest BCUT2D eigenvalue weighted by Crippen LogP contribution is 2.23. The van der Waals surface area contributed by atoms with Crippen molar-refractivity contribution in [2.75, 3.05) is 27.2 Å². The van der Waals surface area contributed by atoms with Crippen molar-refractivity contribution in [1.82, 2.24) is 14.8 Å². The lowest BCUT2D eigenvalue weighted by Gasteiger charge is -2.27. The third-order valence-electron chi connectivity index (χ3n) is 3.17. The fourth-order valence-corrected chi connectivity index (χ4v) is 2.82. The highest BCUT2D eigenvalue weighted by molar-refractivity contribution is 9.10. The van der Waals surface area contributed by atoms with Crippen LogP contribution in [-0.2, 0) is 0 Å². The van der Waals surface area contributed by atoms with Gasteiger partial charge in [0.1, 0.15) is 5.69 Å². The van der Waals surface area contributed by atoms with E-state index in [0.717, 1.165) is 30.4 Å². The SMILES string of the molecule is CN(C)CC1CCCN1C(=O)c1ncccc1Br. The van der Waals surface area contributed by atoms with Gasteiger partial charge in [0.2, 0.25) is 0 Å². The Kier molecular flexibility index (Phi) is 4.35. The van der Waals surface area contributed by atoms with Crippen molar-refractivity contribution < 1.29 is 4.79 Å². The number of carbonyl (C=O) groups excluding carboxylic acids is 1. The summed E-state index contributed by atoms with van der Waals surface area (Å²) >= 11 is 3.39. The Morgan fingerprint density at radius 3 is 3.06 bits per heavy atom. The van der Waals surface area contributed by atoms with Crippen LogP contribution in [0, 0.1) is 0 Å². The van der Waals surface area contributed by atoms with Crippen LogP contribution < -0.4 is 0 Å². The minimum Gasteiger partial charge on any atom is -0.333 e. The number of likely N-dealkylation sites (tertiary alicyclic amines) is 1. The van der Waals surface area contributed by atoms with Gasteiger partial charge < -0.3 is 9.80 Å². The average Bonchev–Trinajstić information content (AvgIpc) is 2.76. The fraction of sp³-hybridized carbons (Fsp3) is 0.538. The lowest BCUT2D eigenvalue weighted by Crippen LogP contribution is -2.41. The molecule has 4 nitrogen and oxygen atoms in total. The number of likely N-dealkylation sites (N-methyl/N-ethyl adjacent to an activating group) is 1. The van der Waals surface area contributed by atoms with Gasteiger partial charge in [-0.3, -0.25) is 4.79 Å². The minimum atomic E-state index is 0.0341. The molecule has 1 aliphatic rings. The molecule has 0 saturated carbocycles. The van der Waals surface area contributed by atoms with Crippen molar-refractivity contribution in [1.29, 1.82) is 0 Å². The molecule has 1 aromatic rings. The van der Waals surface area contributed by atoms with Crippen molar-refractivity contribution in [3.63, 3.8) is 0 Å². The molecule has 2 heterocycles. The highest BCUT2D eigenvalue weighted by Gasteiger charge is 2.31. The molecule has 18 heavy (non-hydrogen) atoms. The Morgan fingerprint density at radius 2 is 2.39 bits per heavy atom. The molecule has 1 fully saturated rings. The Labute approximate surface area is 116 Å². The predicted octanol–water partition coefficient (Wildman–Crippen LogP) is 2.01. The minimum absolute atomic E-state index is 0.0341. The van der Waals surface area contributed by atoms with Crippen LogP contribution in [0.2, 0.25) is 0 Å². The van der Waals surface area contributed by atoms with E-state index in [1.54, 1.807) is 6.20 Å². The Hall–Kier alpha value is -0.940. The first-order chi connectivity index (χ1) is 8.59. The van der Waals surface area contributed by atoms with Gasteiger partial charge in [0.05, 0.1) is 0 Å². The fourth-order valence-electron chi connectivity index (χ4n) is 2.39. The average molecular weight is 312 g/mol. The molecular formula is C13H18BrN3O. The lowest BCUT2D eigenvalue weighted by molar-refractivity contribution is 0.0709. The molecule has 0 radical (unpaired) electrons. The van der Waals surface area contributed by atoms with Crippen LogP contribution >= 0.6 is 15.9 Å². The van der Waals surface area contributed by atoms with Crippen LogP contribution in [-0.4, -0.2) is 53.9 Å². The molecule has 1 atom stereocenters. The monoisotopic (exact) mass is 311 g/mol. The number of rotatable bonds is 3. The zero-order chi connectivity index (χ0) is 13.1. The first-order valence-corrected chi connectivity index (χ1v) is 6.95. The normalized spacial score (nSPS) is 19.6. The molecule has 0 aliphatic carbocycles. The number of aromatic nitrogens is 1. The summed E-state index contributed by atoms with van der Waals surface area (Å²) in [5.74, 6) is 0.0341.